The van der Waals surface area contributed by atoms with Gasteiger partial charge < -0.3 is 18.5 Å². The van der Waals surface area contributed by atoms with E-state index in [4.69, 9.17) is 13.9 Å². The van der Waals surface area contributed by atoms with E-state index in [0.717, 1.165) is 44.0 Å². The van der Waals surface area contributed by atoms with Gasteiger partial charge in [0.05, 0.1) is 6.21 Å². The predicted molar refractivity (Wildman–Crippen MR) is 120 cm³/mol. The highest BCUT2D eigenvalue weighted by Gasteiger charge is 2.17. The van der Waals surface area contributed by atoms with Crippen LogP contribution in [0.1, 0.15) is 27.5 Å². The number of rotatable bonds is 4. The summed E-state index contributed by atoms with van der Waals surface area (Å²) >= 11 is 3.41. The number of nitrogens with zero attached hydrogens (tertiary/aromatic N) is 2. The Morgan fingerprint density at radius 3 is 2.81 bits per heavy atom. The molecule has 0 atom stereocenters. The molecule has 2 aromatic heterocycles. The molecule has 0 aliphatic carbocycles. The number of hydrogen-bond acceptors (Lipinski definition) is 5. The molecule has 0 unspecified atom stereocenters. The van der Waals surface area contributed by atoms with Gasteiger partial charge in [-0.2, -0.15) is 5.10 Å². The van der Waals surface area contributed by atoms with Crippen molar-refractivity contribution >= 4 is 39.0 Å². The van der Waals surface area contributed by atoms with Crippen LogP contribution in [0.5, 0.6) is 11.5 Å². The number of ether oxygens (including phenoxy) is 2. The number of aryl methyl sites for hydroxylation is 1. The summed E-state index contributed by atoms with van der Waals surface area (Å²) < 4.78 is 19.5. The lowest BCUT2D eigenvalue weighted by Gasteiger charge is -2.10. The summed E-state index contributed by atoms with van der Waals surface area (Å²) in [5, 5.41) is 4.96. The van der Waals surface area contributed by atoms with Crippen LogP contribution in [0.3, 0.4) is 0 Å². The Balaban J connectivity index is 1.35. The van der Waals surface area contributed by atoms with Crippen molar-refractivity contribution in [1.29, 1.82) is 0 Å². The number of hydrogen-bond donors (Lipinski definition) is 1. The van der Waals surface area contributed by atoms with Crippen LogP contribution in [0.2, 0.25) is 0 Å². The van der Waals surface area contributed by atoms with Gasteiger partial charge >= 0.3 is 5.91 Å². The van der Waals surface area contributed by atoms with Gasteiger partial charge in [0.15, 0.2) is 17.3 Å². The van der Waals surface area contributed by atoms with Gasteiger partial charge in [0.25, 0.3) is 0 Å². The third-order valence-corrected chi connectivity index (χ3v) is 5.65. The first kappa shape index (κ1) is 19.4. The second kappa shape index (κ2) is 7.63. The highest BCUT2D eigenvalue weighted by Crippen LogP contribution is 2.34. The van der Waals surface area contributed by atoms with Gasteiger partial charge in [-0.05, 0) is 56.3 Å². The summed E-state index contributed by atoms with van der Waals surface area (Å²) in [6.07, 6.45) is 1.63. The quantitative estimate of drug-likeness (QED) is 0.326. The first-order valence-electron chi connectivity index (χ1n) is 9.61. The summed E-state index contributed by atoms with van der Waals surface area (Å²) in [6.45, 7) is 4.25. The van der Waals surface area contributed by atoms with Crippen molar-refractivity contribution in [3.63, 3.8) is 0 Å². The molecule has 0 spiro atoms. The van der Waals surface area contributed by atoms with Crippen molar-refractivity contribution in [1.82, 2.24) is 9.99 Å². The minimum atomic E-state index is -0.409. The molecule has 2 aromatic carbocycles. The van der Waals surface area contributed by atoms with E-state index in [0.29, 0.717) is 5.58 Å². The highest BCUT2D eigenvalue weighted by molar-refractivity contribution is 9.10. The van der Waals surface area contributed by atoms with Crippen molar-refractivity contribution in [3.8, 4) is 17.2 Å². The van der Waals surface area contributed by atoms with Crippen molar-refractivity contribution in [3.05, 3.63) is 75.7 Å². The van der Waals surface area contributed by atoms with Gasteiger partial charge in [-0.3, -0.25) is 4.79 Å². The van der Waals surface area contributed by atoms with Gasteiger partial charge in [-0.25, -0.2) is 5.43 Å². The number of hydrazone groups is 1. The van der Waals surface area contributed by atoms with Crippen molar-refractivity contribution in [2.24, 2.45) is 5.10 Å². The third kappa shape index (κ3) is 3.59. The van der Waals surface area contributed by atoms with E-state index in [1.54, 1.807) is 12.3 Å². The molecule has 7 nitrogen and oxygen atoms in total. The first-order chi connectivity index (χ1) is 15.0. The Labute approximate surface area is 186 Å². The summed E-state index contributed by atoms with van der Waals surface area (Å²) in [6, 6.07) is 15.1. The average Bonchev–Trinajstić information content (AvgIpc) is 3.44. The maximum Gasteiger partial charge on any atom is 0.307 e. The molecular formula is C23H18BrN3O4. The lowest BCUT2D eigenvalue weighted by atomic mass is 10.2. The standard InChI is InChI=1S/C23H18BrN3O4/c1-13-7-16(14(2)27(13)18-4-6-20-21(10-18)30-12-29-20)11-25-26-23(28)22-9-15-8-17(24)3-5-19(15)31-22/h3-11H,12H2,1-2H3,(H,26,28). The number of halogens is 1. The largest absolute Gasteiger partial charge is 0.454 e. The van der Waals surface area contributed by atoms with Gasteiger partial charge in [0, 0.05) is 38.6 Å². The van der Waals surface area contributed by atoms with Crippen molar-refractivity contribution in [2.75, 3.05) is 6.79 Å². The second-order valence-corrected chi connectivity index (χ2v) is 8.11. The maximum absolute atomic E-state index is 12.4. The number of aromatic nitrogens is 1. The Hall–Kier alpha value is -3.52. The third-order valence-electron chi connectivity index (χ3n) is 5.16. The van der Waals surface area contributed by atoms with Crippen molar-refractivity contribution in [2.45, 2.75) is 13.8 Å². The van der Waals surface area contributed by atoms with E-state index in [-0.39, 0.29) is 12.6 Å². The predicted octanol–water partition coefficient (Wildman–Crippen LogP) is 5.10. The fourth-order valence-corrected chi connectivity index (χ4v) is 4.06. The lowest BCUT2D eigenvalue weighted by Crippen LogP contribution is -2.16. The Morgan fingerprint density at radius 1 is 1.10 bits per heavy atom. The van der Waals surface area contributed by atoms with Crippen LogP contribution in [0.15, 0.2) is 62.5 Å². The number of carbonyl (C=O) groups excluding carboxylic acids is 1. The van der Waals surface area contributed by atoms with Crippen LogP contribution in [-0.2, 0) is 0 Å². The van der Waals surface area contributed by atoms with Gasteiger partial charge in [-0.1, -0.05) is 15.9 Å². The number of fused-ring (bicyclic) bond motifs is 2. The number of amides is 1. The molecule has 0 saturated heterocycles. The maximum atomic E-state index is 12.4. The molecule has 0 radical (unpaired) electrons. The molecule has 1 aliphatic heterocycles. The monoisotopic (exact) mass is 479 g/mol. The highest BCUT2D eigenvalue weighted by atomic mass is 79.9. The second-order valence-electron chi connectivity index (χ2n) is 7.19. The fourth-order valence-electron chi connectivity index (χ4n) is 3.68. The van der Waals surface area contributed by atoms with Gasteiger partial charge in [0.2, 0.25) is 6.79 Å². The average molecular weight is 480 g/mol. The summed E-state index contributed by atoms with van der Waals surface area (Å²) in [4.78, 5) is 12.4. The molecule has 5 rings (SSSR count). The Bertz CT molecular complexity index is 1350. The fraction of sp³-hybridized carbons (Fsp3) is 0.130. The van der Waals surface area contributed by atoms with E-state index >= 15 is 0 Å². The summed E-state index contributed by atoms with van der Waals surface area (Å²) in [5.41, 5.74) is 7.06. The molecule has 0 fully saturated rings. The normalized spacial score (nSPS) is 12.7. The van der Waals surface area contributed by atoms with Gasteiger partial charge in [-0.15, -0.1) is 0 Å². The van der Waals surface area contributed by atoms with Crippen LogP contribution >= 0.6 is 15.9 Å². The zero-order chi connectivity index (χ0) is 21.5. The molecule has 31 heavy (non-hydrogen) atoms. The van der Waals surface area contributed by atoms with Crippen LogP contribution in [0.4, 0.5) is 0 Å². The zero-order valence-corrected chi connectivity index (χ0v) is 18.4. The molecular weight excluding hydrogens is 462 g/mol. The topological polar surface area (TPSA) is 78.0 Å². The molecule has 1 N–H and O–H groups in total. The first-order valence-corrected chi connectivity index (χ1v) is 10.4. The molecule has 8 heteroatoms. The Kier molecular flexibility index (Phi) is 4.78. The van der Waals surface area contributed by atoms with Crippen LogP contribution < -0.4 is 14.9 Å². The molecule has 0 bridgehead atoms. The van der Waals surface area contributed by atoms with E-state index in [1.807, 2.05) is 56.3 Å². The van der Waals surface area contributed by atoms with E-state index in [1.165, 1.54) is 0 Å². The molecule has 156 valence electrons. The van der Waals surface area contributed by atoms with Crippen LogP contribution in [-0.4, -0.2) is 23.5 Å². The number of carbonyl (C=O) groups is 1. The smallest absolute Gasteiger partial charge is 0.307 e. The minimum absolute atomic E-state index is 0.205. The van der Waals surface area contributed by atoms with E-state index < -0.39 is 5.91 Å². The lowest BCUT2D eigenvalue weighted by molar-refractivity contribution is 0.0929. The molecule has 4 aromatic rings. The molecule has 1 aliphatic rings. The summed E-state index contributed by atoms with van der Waals surface area (Å²) in [5.74, 6) is 1.27. The number of furan rings is 1. The number of benzene rings is 2. The summed E-state index contributed by atoms with van der Waals surface area (Å²) in [7, 11) is 0. The zero-order valence-electron chi connectivity index (χ0n) is 16.8. The SMILES string of the molecule is Cc1cc(C=NNC(=O)c2cc3cc(Br)ccc3o2)c(C)n1-c1ccc2c(c1)OCO2. The van der Waals surface area contributed by atoms with Crippen LogP contribution in [0, 0.1) is 13.8 Å². The van der Waals surface area contributed by atoms with Crippen molar-refractivity contribution < 1.29 is 18.7 Å². The Morgan fingerprint density at radius 2 is 1.94 bits per heavy atom. The molecule has 0 saturated carbocycles. The van der Waals surface area contributed by atoms with E-state index in [2.05, 4.69) is 31.0 Å². The van der Waals surface area contributed by atoms with Crippen LogP contribution in [0.25, 0.3) is 16.7 Å². The molecule has 3 heterocycles. The van der Waals surface area contributed by atoms with Gasteiger partial charge in [0.1, 0.15) is 5.58 Å². The number of nitrogens with one attached hydrogen (secondary N) is 1. The van der Waals surface area contributed by atoms with E-state index in [9.17, 15) is 4.79 Å². The minimum Gasteiger partial charge on any atom is -0.454 e. The molecule has 1 amide bonds.